The van der Waals surface area contributed by atoms with Crippen LogP contribution in [0.25, 0.3) is 0 Å². The maximum absolute atomic E-state index is 13.1. The molecule has 1 unspecified atom stereocenters. The second-order valence-electron chi connectivity index (χ2n) is 7.28. The predicted molar refractivity (Wildman–Crippen MR) is 118 cm³/mol. The minimum absolute atomic E-state index is 0.0541. The lowest BCUT2D eigenvalue weighted by atomic mass is 10.1. The fourth-order valence-corrected chi connectivity index (χ4v) is 3.16. The van der Waals surface area contributed by atoms with Crippen LogP contribution >= 0.6 is 0 Å². The number of hydrogen-bond donors (Lipinski definition) is 1. The van der Waals surface area contributed by atoms with Gasteiger partial charge in [-0.15, -0.1) is 0 Å². The van der Waals surface area contributed by atoms with Gasteiger partial charge in [0, 0.05) is 19.6 Å². The van der Waals surface area contributed by atoms with Crippen LogP contribution in [-0.4, -0.2) is 35.3 Å². The molecule has 32 heavy (non-hydrogen) atoms. The summed E-state index contributed by atoms with van der Waals surface area (Å²) in [5.41, 5.74) is 1.96. The third kappa shape index (κ3) is 6.84. The zero-order valence-corrected chi connectivity index (χ0v) is 17.9. The summed E-state index contributed by atoms with van der Waals surface area (Å²) in [6.45, 7) is 2.44. The number of benzene rings is 2. The molecule has 0 fully saturated rings. The normalized spacial score (nSPS) is 11.4. The van der Waals surface area contributed by atoms with Crippen molar-refractivity contribution < 1.29 is 23.5 Å². The van der Waals surface area contributed by atoms with E-state index >= 15 is 0 Å². The number of hydrogen-bond acceptors (Lipinski definition) is 5. The summed E-state index contributed by atoms with van der Waals surface area (Å²) in [6.07, 6.45) is 0.393. The molecular formula is C25H26N2O5. The highest BCUT2D eigenvalue weighted by Crippen LogP contribution is 2.13. The van der Waals surface area contributed by atoms with E-state index in [-0.39, 0.29) is 24.6 Å². The van der Waals surface area contributed by atoms with E-state index in [2.05, 4.69) is 5.32 Å². The fraction of sp³-hybridized carbons (Fsp3) is 0.240. The Morgan fingerprint density at radius 2 is 1.50 bits per heavy atom. The summed E-state index contributed by atoms with van der Waals surface area (Å²) < 4.78 is 10.3. The van der Waals surface area contributed by atoms with E-state index in [0.717, 1.165) is 11.1 Å². The van der Waals surface area contributed by atoms with E-state index in [9.17, 15) is 14.4 Å². The molecule has 3 rings (SSSR count). The van der Waals surface area contributed by atoms with Crippen LogP contribution in [0.3, 0.4) is 0 Å². The van der Waals surface area contributed by atoms with Gasteiger partial charge < -0.3 is 19.4 Å². The molecule has 2 aromatic carbocycles. The van der Waals surface area contributed by atoms with Gasteiger partial charge in [0.25, 0.3) is 11.8 Å². The first kappa shape index (κ1) is 22.8. The third-order valence-corrected chi connectivity index (χ3v) is 4.76. The molecular weight excluding hydrogens is 408 g/mol. The molecule has 1 atom stereocenters. The summed E-state index contributed by atoms with van der Waals surface area (Å²) in [6, 6.07) is 22.4. The molecule has 0 bridgehead atoms. The second kappa shape index (κ2) is 11.5. The highest BCUT2D eigenvalue weighted by molar-refractivity contribution is 5.91. The Labute approximate surface area is 187 Å². The second-order valence-corrected chi connectivity index (χ2v) is 7.28. The van der Waals surface area contributed by atoms with Gasteiger partial charge in [-0.2, -0.15) is 0 Å². The Morgan fingerprint density at radius 1 is 0.906 bits per heavy atom. The van der Waals surface area contributed by atoms with Gasteiger partial charge in [0.1, 0.15) is 0 Å². The molecule has 0 spiro atoms. The summed E-state index contributed by atoms with van der Waals surface area (Å²) in [7, 11) is 0. The minimum Gasteiger partial charge on any atom is -0.459 e. The number of rotatable bonds is 10. The third-order valence-electron chi connectivity index (χ3n) is 4.76. The number of nitrogens with zero attached hydrogens (tertiary/aromatic N) is 1. The van der Waals surface area contributed by atoms with Gasteiger partial charge in [0.15, 0.2) is 11.9 Å². The van der Waals surface area contributed by atoms with Crippen molar-refractivity contribution in [3.05, 3.63) is 95.9 Å². The van der Waals surface area contributed by atoms with Gasteiger partial charge in [-0.05, 0) is 30.2 Å². The van der Waals surface area contributed by atoms with Gasteiger partial charge in [-0.25, -0.2) is 0 Å². The Balaban J connectivity index is 1.55. The molecule has 7 nitrogen and oxygen atoms in total. The van der Waals surface area contributed by atoms with Gasteiger partial charge in [-0.1, -0.05) is 60.7 Å². The van der Waals surface area contributed by atoms with Crippen molar-refractivity contribution in [1.82, 2.24) is 10.2 Å². The monoisotopic (exact) mass is 434 g/mol. The smallest absolute Gasteiger partial charge is 0.308 e. The Morgan fingerprint density at radius 3 is 2.03 bits per heavy atom. The highest BCUT2D eigenvalue weighted by atomic mass is 16.5. The van der Waals surface area contributed by atoms with Crippen LogP contribution in [0.2, 0.25) is 0 Å². The first-order valence-electron chi connectivity index (χ1n) is 10.4. The summed E-state index contributed by atoms with van der Waals surface area (Å²) in [5, 5.41) is 2.58. The van der Waals surface area contributed by atoms with E-state index < -0.39 is 18.0 Å². The standard InChI is InChI=1S/C25H26N2O5/c1-19(32-23(28)14-15-26-24(29)22-13-8-16-31-22)25(30)27(17-20-9-4-2-5-10-20)18-21-11-6-3-7-12-21/h2-13,16,19H,14-15,17-18H2,1H3,(H,26,29). The van der Waals surface area contributed by atoms with Crippen LogP contribution in [0.1, 0.15) is 35.0 Å². The van der Waals surface area contributed by atoms with Crippen molar-refractivity contribution in [2.75, 3.05) is 6.54 Å². The molecule has 0 saturated heterocycles. The van der Waals surface area contributed by atoms with Crippen molar-refractivity contribution in [2.24, 2.45) is 0 Å². The molecule has 0 aliphatic heterocycles. The number of carbonyl (C=O) groups is 3. The molecule has 0 aliphatic rings. The SMILES string of the molecule is CC(OC(=O)CCNC(=O)c1ccco1)C(=O)N(Cc1ccccc1)Cc1ccccc1. The van der Waals surface area contributed by atoms with Crippen molar-refractivity contribution >= 4 is 17.8 Å². The topological polar surface area (TPSA) is 88.8 Å². The summed E-state index contributed by atoms with van der Waals surface area (Å²) in [5.74, 6) is -1.10. The average molecular weight is 434 g/mol. The fourth-order valence-electron chi connectivity index (χ4n) is 3.16. The molecule has 166 valence electrons. The molecule has 0 saturated carbocycles. The lowest BCUT2D eigenvalue weighted by Crippen LogP contribution is -2.39. The lowest BCUT2D eigenvalue weighted by Gasteiger charge is -2.26. The van der Waals surface area contributed by atoms with E-state index in [1.165, 1.54) is 12.3 Å². The average Bonchev–Trinajstić information content (AvgIpc) is 3.34. The first-order valence-corrected chi connectivity index (χ1v) is 10.4. The number of esters is 1. The van der Waals surface area contributed by atoms with Crippen LogP contribution in [0, 0.1) is 0 Å². The molecule has 0 radical (unpaired) electrons. The predicted octanol–water partition coefficient (Wildman–Crippen LogP) is 3.56. The van der Waals surface area contributed by atoms with Crippen LogP contribution in [0.15, 0.2) is 83.5 Å². The quantitative estimate of drug-likeness (QED) is 0.493. The molecule has 7 heteroatoms. The number of furan rings is 1. The van der Waals surface area contributed by atoms with Crippen molar-refractivity contribution in [3.8, 4) is 0 Å². The first-order chi connectivity index (χ1) is 15.5. The molecule has 1 N–H and O–H groups in total. The highest BCUT2D eigenvalue weighted by Gasteiger charge is 2.24. The van der Waals surface area contributed by atoms with Gasteiger partial charge in [0.2, 0.25) is 0 Å². The van der Waals surface area contributed by atoms with Crippen molar-refractivity contribution in [1.29, 1.82) is 0 Å². The molecule has 3 aromatic rings. The van der Waals surface area contributed by atoms with Crippen LogP contribution in [-0.2, 0) is 27.4 Å². The van der Waals surface area contributed by atoms with Crippen LogP contribution in [0.4, 0.5) is 0 Å². The van der Waals surface area contributed by atoms with E-state index in [0.29, 0.717) is 13.1 Å². The number of nitrogens with one attached hydrogen (secondary N) is 1. The van der Waals surface area contributed by atoms with Gasteiger partial charge in [0.05, 0.1) is 12.7 Å². The molecule has 0 aliphatic carbocycles. The van der Waals surface area contributed by atoms with Gasteiger partial charge >= 0.3 is 5.97 Å². The maximum Gasteiger partial charge on any atom is 0.308 e. The maximum atomic E-state index is 13.1. The molecule has 1 aromatic heterocycles. The van der Waals surface area contributed by atoms with Gasteiger partial charge in [-0.3, -0.25) is 14.4 Å². The Kier molecular flexibility index (Phi) is 8.20. The zero-order valence-electron chi connectivity index (χ0n) is 17.9. The Bertz CT molecular complexity index is 962. The van der Waals surface area contributed by atoms with Crippen molar-refractivity contribution in [2.45, 2.75) is 32.5 Å². The van der Waals surface area contributed by atoms with E-state index in [4.69, 9.17) is 9.15 Å². The molecule has 2 amide bonds. The number of ether oxygens (including phenoxy) is 1. The van der Waals surface area contributed by atoms with E-state index in [1.54, 1.807) is 17.9 Å². The Hall–Kier alpha value is -3.87. The minimum atomic E-state index is -0.948. The summed E-state index contributed by atoms with van der Waals surface area (Å²) in [4.78, 5) is 38.8. The number of carbonyl (C=O) groups excluding carboxylic acids is 3. The zero-order chi connectivity index (χ0) is 22.8. The van der Waals surface area contributed by atoms with Crippen molar-refractivity contribution in [3.63, 3.8) is 0 Å². The largest absolute Gasteiger partial charge is 0.459 e. The lowest BCUT2D eigenvalue weighted by molar-refractivity contribution is -0.159. The van der Waals surface area contributed by atoms with Crippen LogP contribution in [0.5, 0.6) is 0 Å². The van der Waals surface area contributed by atoms with Crippen LogP contribution < -0.4 is 5.32 Å². The number of amides is 2. The molecule has 1 heterocycles. The summed E-state index contributed by atoms with van der Waals surface area (Å²) >= 11 is 0. The van der Waals surface area contributed by atoms with E-state index in [1.807, 2.05) is 60.7 Å².